The van der Waals surface area contributed by atoms with Gasteiger partial charge in [-0.3, -0.25) is 14.4 Å². The van der Waals surface area contributed by atoms with Crippen molar-refractivity contribution in [1.82, 2.24) is 5.32 Å². The first-order valence-corrected chi connectivity index (χ1v) is 19.9. The molecule has 12 nitrogen and oxygen atoms in total. The van der Waals surface area contributed by atoms with Crippen LogP contribution in [0.4, 0.5) is 5.69 Å². The van der Waals surface area contributed by atoms with Crippen LogP contribution in [0.15, 0.2) is 66.3 Å². The number of benzene rings is 2. The molecule has 1 saturated heterocycles. The van der Waals surface area contributed by atoms with E-state index in [0.29, 0.717) is 37.8 Å². The van der Waals surface area contributed by atoms with Crippen molar-refractivity contribution in [3.63, 3.8) is 0 Å². The van der Waals surface area contributed by atoms with Crippen LogP contribution in [0, 0.1) is 28.6 Å². The number of ether oxygens (including phenoxy) is 3. The summed E-state index contributed by atoms with van der Waals surface area (Å²) in [5.41, 5.74) is 1.02. The van der Waals surface area contributed by atoms with E-state index in [-0.39, 0.29) is 52.2 Å². The predicted molar refractivity (Wildman–Crippen MR) is 210 cm³/mol. The van der Waals surface area contributed by atoms with Gasteiger partial charge >= 0.3 is 0 Å². The van der Waals surface area contributed by atoms with Gasteiger partial charge in [0.1, 0.15) is 18.1 Å². The number of rotatable bonds is 13. The number of anilines is 1. The first-order chi connectivity index (χ1) is 26.7. The summed E-state index contributed by atoms with van der Waals surface area (Å²) in [6.45, 7) is 8.09. The van der Waals surface area contributed by atoms with Gasteiger partial charge in [0.15, 0.2) is 23.5 Å². The minimum absolute atomic E-state index is 0.0125. The summed E-state index contributed by atoms with van der Waals surface area (Å²) in [7, 11) is 1.64. The van der Waals surface area contributed by atoms with Gasteiger partial charge in [0.05, 0.1) is 31.1 Å². The zero-order valence-electron chi connectivity index (χ0n) is 33.1. The SMILES string of the molecule is CCCC1O[C@H]2C[C@H]3[C@@H]4CCC5=CC(=O)C=C[C@]5(C)[C@H]4[C@@H](O)C[C@]3(C)[C@]2(C(=O)CO)O1.COc1ccc(C[C@H](C)NC[C@@H](O)c2ccc(O)c(NC=O)c2)cc1. The molecule has 0 radical (unpaired) electrons. The van der Waals surface area contributed by atoms with Gasteiger partial charge in [-0.15, -0.1) is 0 Å². The summed E-state index contributed by atoms with van der Waals surface area (Å²) in [6.07, 6.45) is 8.88. The molecule has 304 valence electrons. The number of hydrogen-bond acceptors (Lipinski definition) is 11. The highest BCUT2D eigenvalue weighted by Crippen LogP contribution is 2.69. The highest BCUT2D eigenvalue weighted by Gasteiger charge is 2.75. The van der Waals surface area contributed by atoms with Crippen LogP contribution in [0.1, 0.15) is 83.5 Å². The molecule has 1 aliphatic heterocycles. The lowest BCUT2D eigenvalue weighted by Crippen LogP contribution is -2.63. The van der Waals surface area contributed by atoms with Crippen LogP contribution in [0.5, 0.6) is 11.5 Å². The first-order valence-electron chi connectivity index (χ1n) is 19.9. The van der Waals surface area contributed by atoms with Crippen molar-refractivity contribution in [2.24, 2.45) is 28.6 Å². The molecule has 2 aromatic rings. The minimum atomic E-state index is -1.20. The summed E-state index contributed by atoms with van der Waals surface area (Å²) < 4.78 is 17.8. The Bertz CT molecular complexity index is 1810. The van der Waals surface area contributed by atoms with Crippen molar-refractivity contribution in [2.75, 3.05) is 25.6 Å². The Morgan fingerprint density at radius 2 is 1.91 bits per heavy atom. The molecule has 4 aliphatic carbocycles. The topological polar surface area (TPSA) is 184 Å². The molecule has 0 bridgehead atoms. The maximum atomic E-state index is 13.2. The van der Waals surface area contributed by atoms with Crippen molar-refractivity contribution in [1.29, 1.82) is 0 Å². The first kappa shape index (κ1) is 41.7. The Balaban J connectivity index is 0.000000195. The second-order valence-corrected chi connectivity index (χ2v) is 16.6. The van der Waals surface area contributed by atoms with E-state index in [1.165, 1.54) is 11.6 Å². The smallest absolute Gasteiger partial charge is 0.211 e. The lowest BCUT2D eigenvalue weighted by atomic mass is 9.46. The van der Waals surface area contributed by atoms with E-state index in [0.717, 1.165) is 37.0 Å². The molecule has 7 rings (SSSR count). The number of aromatic hydroxyl groups is 1. The third-order valence-corrected chi connectivity index (χ3v) is 13.4. The number of carbonyl (C=O) groups excluding carboxylic acids is 3. The lowest BCUT2D eigenvalue weighted by molar-refractivity contribution is -0.200. The summed E-state index contributed by atoms with van der Waals surface area (Å²) in [6, 6.07) is 12.7. The van der Waals surface area contributed by atoms with Crippen LogP contribution in [-0.2, 0) is 30.3 Å². The van der Waals surface area contributed by atoms with E-state index in [4.69, 9.17) is 14.2 Å². The molecule has 0 spiro atoms. The molecule has 4 fully saturated rings. The molecule has 5 aliphatic rings. The minimum Gasteiger partial charge on any atom is -0.506 e. The summed E-state index contributed by atoms with van der Waals surface area (Å²) in [5.74, 6) is 0.815. The molecule has 56 heavy (non-hydrogen) atoms. The molecule has 3 saturated carbocycles. The summed E-state index contributed by atoms with van der Waals surface area (Å²) in [5, 5.41) is 47.1. The second kappa shape index (κ2) is 16.9. The predicted octanol–water partition coefficient (Wildman–Crippen LogP) is 4.94. The van der Waals surface area contributed by atoms with Crippen molar-refractivity contribution in [3.8, 4) is 11.5 Å². The fraction of sp³-hybridized carbons (Fsp3) is 0.568. The highest BCUT2D eigenvalue weighted by molar-refractivity contribution is 6.01. The van der Waals surface area contributed by atoms with Gasteiger partial charge < -0.3 is 45.3 Å². The summed E-state index contributed by atoms with van der Waals surface area (Å²) >= 11 is 0. The van der Waals surface area contributed by atoms with Crippen molar-refractivity contribution in [2.45, 2.75) is 109 Å². The van der Waals surface area contributed by atoms with Crippen LogP contribution in [-0.4, -0.2) is 88.8 Å². The van der Waals surface area contributed by atoms with E-state index in [1.54, 1.807) is 31.4 Å². The van der Waals surface area contributed by atoms with Gasteiger partial charge in [-0.1, -0.05) is 57.0 Å². The van der Waals surface area contributed by atoms with Crippen LogP contribution in [0.2, 0.25) is 0 Å². The van der Waals surface area contributed by atoms with Crippen LogP contribution in [0.3, 0.4) is 0 Å². The molecular formula is C44H58N2O10. The van der Waals surface area contributed by atoms with Crippen LogP contribution >= 0.6 is 0 Å². The number of amides is 1. The number of nitrogens with one attached hydrogen (secondary N) is 2. The van der Waals surface area contributed by atoms with E-state index in [2.05, 4.69) is 31.4 Å². The molecule has 6 N–H and O–H groups in total. The number of phenols is 1. The maximum Gasteiger partial charge on any atom is 0.211 e. The molecule has 11 atom stereocenters. The largest absolute Gasteiger partial charge is 0.506 e. The standard InChI is InChI=1S/C25H34O6.C19H24N2O4/c1-4-5-21-30-20-11-17-16-7-6-14-10-15(27)8-9-23(14,2)22(16)18(28)12-24(17,3)25(20,31-21)19(29)13-26;1-13(9-14-3-6-16(25-2)7-4-14)20-11-19(24)15-5-8-18(23)17(10-15)21-12-22/h8-10,16-18,20-22,26,28H,4-7,11-13H2,1-3H3;3-8,10,12-13,19-20,23-24H,9,11H2,1-2H3,(H,21,22)/t16-,17-,18-,20-,21?,22+,23-,24-,25+;13-,19+/m00/s1. The maximum absolute atomic E-state index is 13.2. The van der Waals surface area contributed by atoms with E-state index in [1.807, 2.05) is 37.3 Å². The second-order valence-electron chi connectivity index (χ2n) is 16.6. The zero-order chi connectivity index (χ0) is 40.4. The Hall–Kier alpha value is -3.91. The van der Waals surface area contributed by atoms with Gasteiger partial charge in [0, 0.05) is 29.3 Å². The van der Waals surface area contributed by atoms with Gasteiger partial charge in [0.25, 0.3) is 0 Å². The molecule has 12 heteroatoms. The number of methoxy groups -OCH3 is 1. The number of phenolic OH excluding ortho intramolecular Hbond substituents is 1. The van der Waals surface area contributed by atoms with Crippen molar-refractivity contribution in [3.05, 3.63) is 77.4 Å². The molecule has 1 amide bonds. The van der Waals surface area contributed by atoms with E-state index >= 15 is 0 Å². The van der Waals surface area contributed by atoms with Gasteiger partial charge in [-0.2, -0.15) is 0 Å². The number of hydrogen-bond donors (Lipinski definition) is 6. The Kier molecular flexibility index (Phi) is 12.6. The third kappa shape index (κ3) is 7.59. The van der Waals surface area contributed by atoms with Crippen LogP contribution in [0.25, 0.3) is 0 Å². The van der Waals surface area contributed by atoms with Crippen LogP contribution < -0.4 is 15.4 Å². The average molecular weight is 775 g/mol. The van der Waals surface area contributed by atoms with Gasteiger partial charge in [0.2, 0.25) is 6.41 Å². The van der Waals surface area contributed by atoms with Crippen molar-refractivity contribution < 1.29 is 49.0 Å². The number of ketones is 2. The lowest BCUT2D eigenvalue weighted by Gasteiger charge is -2.59. The number of aliphatic hydroxyl groups is 3. The normalized spacial score (nSPS) is 33.7. The van der Waals surface area contributed by atoms with E-state index in [9.17, 15) is 34.8 Å². The van der Waals surface area contributed by atoms with E-state index < -0.39 is 42.2 Å². The summed E-state index contributed by atoms with van der Waals surface area (Å²) in [4.78, 5) is 35.7. The average Bonchev–Trinajstić information content (AvgIpc) is 3.66. The van der Waals surface area contributed by atoms with Crippen molar-refractivity contribution >= 4 is 23.7 Å². The fourth-order valence-electron chi connectivity index (χ4n) is 10.7. The number of carbonyl (C=O) groups is 3. The molecular weight excluding hydrogens is 716 g/mol. The third-order valence-electron chi connectivity index (χ3n) is 13.4. The number of allylic oxidation sites excluding steroid dienone is 4. The number of aliphatic hydroxyl groups excluding tert-OH is 3. The van der Waals surface area contributed by atoms with Gasteiger partial charge in [-0.05, 0) is 105 Å². The Labute approximate surface area is 329 Å². The number of Topliss-reactive ketones (excluding diaryl/α,β-unsaturated/α-hetero) is 1. The number of fused-ring (bicyclic) bond motifs is 7. The Morgan fingerprint density at radius 3 is 2.59 bits per heavy atom. The molecule has 0 aromatic heterocycles. The fourth-order valence-corrected chi connectivity index (χ4v) is 10.7. The quantitative estimate of drug-likeness (QED) is 0.120. The zero-order valence-corrected chi connectivity index (χ0v) is 33.1. The van der Waals surface area contributed by atoms with Gasteiger partial charge in [-0.25, -0.2) is 0 Å². The molecule has 1 heterocycles. The molecule has 2 aromatic carbocycles. The Morgan fingerprint density at radius 1 is 1.16 bits per heavy atom. The molecule has 1 unspecified atom stereocenters. The monoisotopic (exact) mass is 774 g/mol. The highest BCUT2D eigenvalue weighted by atomic mass is 16.7.